The van der Waals surface area contributed by atoms with E-state index < -0.39 is 9.49 Å². The Morgan fingerprint density at radius 1 is 0.900 bits per heavy atom. The van der Waals surface area contributed by atoms with Crippen molar-refractivity contribution in [2.24, 2.45) is 0 Å². The molecule has 3 radical (unpaired) electrons. The molecule has 2 N–H and O–H groups in total. The van der Waals surface area contributed by atoms with Gasteiger partial charge in [-0.25, -0.2) is 0 Å². The number of carbonyl (C=O) groups excluding carboxylic acids is 2. The summed E-state index contributed by atoms with van der Waals surface area (Å²) in [5.74, 6) is 0. The van der Waals surface area contributed by atoms with Crippen LogP contribution in [0, 0.1) is 0 Å². The first-order valence-corrected chi connectivity index (χ1v) is 7.74. The summed E-state index contributed by atoms with van der Waals surface area (Å²) in [6, 6.07) is 0. The molecule has 0 spiro atoms. The molecule has 0 amide bonds. The van der Waals surface area contributed by atoms with Gasteiger partial charge in [0, 0.05) is 122 Å². The fourth-order valence-corrected chi connectivity index (χ4v) is 1.05. The van der Waals surface area contributed by atoms with E-state index in [2.05, 4.69) is 23.5 Å². The van der Waals surface area contributed by atoms with Crippen molar-refractivity contribution >= 4 is 43.3 Å². The predicted octanol–water partition coefficient (Wildman–Crippen LogP) is -0.294. The van der Waals surface area contributed by atoms with Gasteiger partial charge < -0.3 is 39.8 Å². The molecule has 17 heteroatoms. The smallest absolute Gasteiger partial charge is 0.0703 e. The molecule has 0 aromatic heterocycles. The molecule has 0 atom stereocenters. The molecule has 0 heterocycles. The fourth-order valence-electron chi connectivity index (χ4n) is 0.466. The summed E-state index contributed by atoms with van der Waals surface area (Å²) in [7, 11) is 0. The maximum absolute atomic E-state index is 9.64. The summed E-state index contributed by atoms with van der Waals surface area (Å²) in [5.41, 5.74) is 0. The third kappa shape index (κ3) is 63.1. The van der Waals surface area contributed by atoms with Crippen LogP contribution in [0.25, 0.3) is 0 Å². The standard InChI is InChI=1S/C5H9O5S.C4H10O4S.C2H3O.CHO2.CH4.3Y/c1-5(2,3-8-4-6)11-10-9-7;1-4(2,3-5)9-8-7-6;1-2-3;2-1-3;;;;/h7H,3H2,1-2H3;5-6H,3H2,1-2H3;1H3;(H,2,3);1H4;;;/q-1;;2*-1;;;;/p-2. The summed E-state index contributed by atoms with van der Waals surface area (Å²) in [6.07, 6.45) is 1.50. The van der Waals surface area contributed by atoms with E-state index in [0.29, 0.717) is 6.47 Å². The molecule has 0 fully saturated rings. The van der Waals surface area contributed by atoms with Gasteiger partial charge in [0.25, 0.3) is 0 Å². The van der Waals surface area contributed by atoms with Crippen LogP contribution in [0.2, 0.25) is 0 Å². The molecular formula is C13H25O12S2Y3-5. The third-order valence-corrected chi connectivity index (χ3v) is 2.83. The van der Waals surface area contributed by atoms with Gasteiger partial charge in [0.1, 0.15) is 0 Å². The molecule has 0 bridgehead atoms. The van der Waals surface area contributed by atoms with Crippen molar-refractivity contribution in [1.82, 2.24) is 0 Å². The Labute approximate surface area is 261 Å². The zero-order valence-corrected chi connectivity index (χ0v) is 26.6. The molecule has 30 heavy (non-hydrogen) atoms. The summed E-state index contributed by atoms with van der Waals surface area (Å²) in [5, 5.41) is 40.2. The minimum absolute atomic E-state index is 0. The molecule has 0 aromatic carbocycles. The molecule has 175 valence electrons. The molecule has 0 rings (SSSR count). The van der Waals surface area contributed by atoms with Crippen molar-refractivity contribution in [2.45, 2.75) is 51.5 Å². The van der Waals surface area contributed by atoms with Crippen LogP contribution in [0.15, 0.2) is 0 Å². The molecular weight excluding hydrogens is 679 g/mol. The van der Waals surface area contributed by atoms with E-state index in [1.54, 1.807) is 27.7 Å². The van der Waals surface area contributed by atoms with Gasteiger partial charge in [-0.05, 0) is 27.7 Å². The van der Waals surface area contributed by atoms with E-state index in [9.17, 15) is 15.3 Å². The maximum atomic E-state index is 9.64. The molecule has 0 aliphatic heterocycles. The van der Waals surface area contributed by atoms with Crippen molar-refractivity contribution in [3.05, 3.63) is 0 Å². The van der Waals surface area contributed by atoms with Gasteiger partial charge in [0.05, 0.1) is 22.7 Å². The van der Waals surface area contributed by atoms with E-state index in [-0.39, 0.29) is 119 Å². The van der Waals surface area contributed by atoms with Gasteiger partial charge in [-0.1, -0.05) is 20.4 Å². The Balaban J connectivity index is -0.0000000387. The monoisotopic (exact) mass is 704 g/mol. The Kier molecular flexibility index (Phi) is 74.3. The van der Waals surface area contributed by atoms with Crippen LogP contribution in [-0.2, 0) is 136 Å². The fraction of sp³-hybridized carbons (Fsp3) is 0.769. The maximum Gasteiger partial charge on any atom is 0.0703 e. The molecule has 0 saturated heterocycles. The second-order valence-corrected chi connectivity index (χ2v) is 7.60. The zero-order chi connectivity index (χ0) is 21.5. The number of aliphatic hydroxyl groups excluding tert-OH is 2. The van der Waals surface area contributed by atoms with Crippen LogP contribution in [0.4, 0.5) is 0 Å². The number of hydrogen-bond donors (Lipinski definition) is 2. The molecule has 0 aromatic rings. The van der Waals surface area contributed by atoms with Crippen molar-refractivity contribution in [2.75, 3.05) is 13.2 Å². The van der Waals surface area contributed by atoms with E-state index in [0.717, 1.165) is 24.1 Å². The molecule has 0 saturated carbocycles. The van der Waals surface area contributed by atoms with Gasteiger partial charge in [0.2, 0.25) is 0 Å². The minimum atomic E-state index is -0.512. The van der Waals surface area contributed by atoms with Gasteiger partial charge in [-0.3, -0.25) is 16.4 Å². The van der Waals surface area contributed by atoms with Crippen molar-refractivity contribution in [3.63, 3.8) is 0 Å². The second kappa shape index (κ2) is 41.6. The van der Waals surface area contributed by atoms with Crippen LogP contribution in [0.1, 0.15) is 42.0 Å². The van der Waals surface area contributed by atoms with Gasteiger partial charge in [-0.15, -0.1) is 0 Å². The number of ether oxygens (including phenoxy) is 1. The normalized spacial score (nSPS) is 8.53. The molecule has 12 nitrogen and oxygen atoms in total. The minimum Gasteiger partial charge on any atom is -0.691 e. The number of rotatable bonds is 10. The second-order valence-electron chi connectivity index (χ2n) is 4.78. The van der Waals surface area contributed by atoms with Crippen LogP contribution < -0.4 is 10.5 Å². The van der Waals surface area contributed by atoms with Crippen LogP contribution in [-0.4, -0.2) is 52.2 Å². The predicted molar refractivity (Wildman–Crippen MR) is 92.8 cm³/mol. The molecule has 0 aliphatic carbocycles. The van der Waals surface area contributed by atoms with Crippen LogP contribution >= 0.6 is 24.1 Å². The van der Waals surface area contributed by atoms with Crippen molar-refractivity contribution < 1.29 is 157 Å². The zero-order valence-electron chi connectivity index (χ0n) is 16.4. The average Bonchev–Trinajstić information content (AvgIpc) is 2.58. The van der Waals surface area contributed by atoms with Gasteiger partial charge >= 0.3 is 0 Å². The first-order chi connectivity index (χ1) is 12.1. The van der Waals surface area contributed by atoms with E-state index in [1.807, 2.05) is 0 Å². The topological polar surface area (TPSA) is 184 Å². The summed E-state index contributed by atoms with van der Waals surface area (Å²) in [4.78, 5) is 26.6. The van der Waals surface area contributed by atoms with Gasteiger partial charge in [0.15, 0.2) is 0 Å². The van der Waals surface area contributed by atoms with Gasteiger partial charge in [-0.2, -0.15) is 15.6 Å². The largest absolute Gasteiger partial charge is 0.691 e. The van der Waals surface area contributed by atoms with E-state index in [1.165, 1.54) is 19.7 Å². The SMILES string of the molecule is C.CC(C)(CO)SOO[O-].CC(C)(CO[C-]=O)SOO[O-].C[C-]=O.O=[C-]O.[Y].[Y].[Y]. The average molecular weight is 704 g/mol. The van der Waals surface area contributed by atoms with E-state index in [4.69, 9.17) is 19.8 Å². The third-order valence-electron chi connectivity index (χ3n) is 1.43. The number of aliphatic hydroxyl groups is 1. The Bertz CT molecular complexity index is 324. The molecule has 0 aliphatic rings. The summed E-state index contributed by atoms with van der Waals surface area (Å²) >= 11 is 1.57. The van der Waals surface area contributed by atoms with Crippen molar-refractivity contribution in [3.8, 4) is 0 Å². The summed E-state index contributed by atoms with van der Waals surface area (Å²) < 4.78 is 11.4. The Morgan fingerprint density at radius 2 is 1.20 bits per heavy atom. The number of hydrogen-bond acceptors (Lipinski definition) is 13. The quantitative estimate of drug-likeness (QED) is 0.131. The Morgan fingerprint density at radius 3 is 1.43 bits per heavy atom. The first-order valence-electron chi connectivity index (χ1n) is 6.26. The Hall–Kier alpha value is 2.34. The van der Waals surface area contributed by atoms with Crippen LogP contribution in [0.5, 0.6) is 0 Å². The summed E-state index contributed by atoms with van der Waals surface area (Å²) in [6.45, 7) is 9.99. The molecule has 0 unspecified atom stereocenters. The van der Waals surface area contributed by atoms with Crippen molar-refractivity contribution in [1.29, 1.82) is 0 Å². The first kappa shape index (κ1) is 53.6. The van der Waals surface area contributed by atoms with Crippen LogP contribution in [0.3, 0.4) is 0 Å². The van der Waals surface area contributed by atoms with E-state index >= 15 is 0 Å².